The first-order valence-electron chi connectivity index (χ1n) is 10.4. The number of ketones is 2. The topological polar surface area (TPSA) is 92.1 Å². The van der Waals surface area contributed by atoms with Gasteiger partial charge in [-0.25, -0.2) is 0 Å². The van der Waals surface area contributed by atoms with E-state index in [2.05, 4.69) is 33.9 Å². The van der Waals surface area contributed by atoms with Crippen molar-refractivity contribution in [2.24, 2.45) is 0 Å². The van der Waals surface area contributed by atoms with Gasteiger partial charge in [-0.05, 0) is 71.4 Å². The van der Waals surface area contributed by atoms with E-state index in [0.717, 1.165) is 24.3 Å². The number of H-pyrrole nitrogens is 1. The Kier molecular flexibility index (Phi) is 7.00. The first-order valence-corrected chi connectivity index (χ1v) is 11.2. The lowest BCUT2D eigenvalue weighted by atomic mass is 10.0. The number of anilines is 1. The van der Waals surface area contributed by atoms with Gasteiger partial charge in [0.2, 0.25) is 5.89 Å². The maximum atomic E-state index is 12.9. The van der Waals surface area contributed by atoms with E-state index in [0.29, 0.717) is 33.6 Å². The van der Waals surface area contributed by atoms with Crippen molar-refractivity contribution in [1.82, 2.24) is 15.2 Å². The van der Waals surface area contributed by atoms with Crippen LogP contribution in [0.3, 0.4) is 0 Å². The molecule has 31 heavy (non-hydrogen) atoms. The van der Waals surface area contributed by atoms with Crippen molar-refractivity contribution in [1.29, 1.82) is 0 Å². The van der Waals surface area contributed by atoms with Gasteiger partial charge in [0.25, 0.3) is 5.22 Å². The number of Topliss-reactive ketones (excluding diaryl/α,β-unsaturated/α-hetero) is 2. The number of nitrogens with zero attached hydrogens (tertiary/aromatic N) is 3. The Morgan fingerprint density at radius 1 is 1.13 bits per heavy atom. The normalized spacial score (nSPS) is 12.1. The maximum Gasteiger partial charge on any atom is 0.277 e. The summed E-state index contributed by atoms with van der Waals surface area (Å²) in [6.07, 6.45) is 0. The molecule has 7 nitrogen and oxygen atoms in total. The first-order chi connectivity index (χ1) is 14.8. The van der Waals surface area contributed by atoms with Crippen LogP contribution in [0.4, 0.5) is 5.69 Å². The molecule has 3 rings (SSSR count). The van der Waals surface area contributed by atoms with Crippen molar-refractivity contribution >= 4 is 29.0 Å². The lowest BCUT2D eigenvalue weighted by Crippen LogP contribution is -2.21. The number of aromatic amines is 1. The van der Waals surface area contributed by atoms with E-state index < -0.39 is 5.25 Å². The minimum Gasteiger partial charge on any atom is -0.411 e. The molecular weight excluding hydrogens is 412 g/mol. The van der Waals surface area contributed by atoms with Crippen molar-refractivity contribution < 1.29 is 14.0 Å². The minimum atomic E-state index is -0.449. The predicted molar refractivity (Wildman–Crippen MR) is 123 cm³/mol. The fourth-order valence-electron chi connectivity index (χ4n) is 3.71. The van der Waals surface area contributed by atoms with Crippen LogP contribution in [0.2, 0.25) is 0 Å². The molecule has 2 heterocycles. The molecule has 0 saturated carbocycles. The number of carbonyl (C=O) groups excluding carboxylic acids is 2. The Morgan fingerprint density at radius 3 is 2.32 bits per heavy atom. The summed E-state index contributed by atoms with van der Waals surface area (Å²) >= 11 is 1.21. The van der Waals surface area contributed by atoms with Gasteiger partial charge >= 0.3 is 0 Å². The number of aryl methyl sites for hydroxylation is 1. The Morgan fingerprint density at radius 2 is 1.77 bits per heavy atom. The van der Waals surface area contributed by atoms with E-state index in [-0.39, 0.29) is 11.6 Å². The summed E-state index contributed by atoms with van der Waals surface area (Å²) in [5.74, 6) is 0.250. The van der Waals surface area contributed by atoms with Crippen LogP contribution in [0.25, 0.3) is 11.5 Å². The zero-order chi connectivity index (χ0) is 22.7. The van der Waals surface area contributed by atoms with Crippen LogP contribution in [0.5, 0.6) is 0 Å². The van der Waals surface area contributed by atoms with Crippen molar-refractivity contribution in [3.63, 3.8) is 0 Å². The van der Waals surface area contributed by atoms with E-state index in [1.807, 2.05) is 24.3 Å². The molecule has 1 aromatic carbocycles. The lowest BCUT2D eigenvalue weighted by molar-refractivity contribution is 0.0988. The molecule has 1 atom stereocenters. The number of rotatable bonds is 9. The van der Waals surface area contributed by atoms with Gasteiger partial charge in [-0.15, -0.1) is 10.2 Å². The van der Waals surface area contributed by atoms with Crippen LogP contribution in [-0.4, -0.2) is 45.1 Å². The fourth-order valence-corrected chi connectivity index (χ4v) is 4.45. The van der Waals surface area contributed by atoms with Crippen LogP contribution < -0.4 is 4.90 Å². The molecule has 3 aromatic rings. The van der Waals surface area contributed by atoms with E-state index >= 15 is 0 Å². The standard InChI is InChI=1S/C23H28N4O3S/c1-7-27(8-2)18-11-9-17(10-12-18)22-25-26-23(30-22)31-16(6)21(29)20-13(3)19(15(5)28)14(4)24-20/h9-12,16,24H,7-8H2,1-6H3/t16-/m1/s1. The van der Waals surface area contributed by atoms with Gasteiger partial charge in [0.05, 0.1) is 10.9 Å². The van der Waals surface area contributed by atoms with Gasteiger partial charge in [-0.3, -0.25) is 9.59 Å². The number of hydrogen-bond acceptors (Lipinski definition) is 7. The predicted octanol–water partition coefficient (Wildman–Crippen LogP) is 5.09. The molecule has 0 saturated heterocycles. The molecule has 0 aliphatic carbocycles. The summed E-state index contributed by atoms with van der Waals surface area (Å²) in [6, 6.07) is 7.99. The monoisotopic (exact) mass is 440 g/mol. The molecule has 0 unspecified atom stereocenters. The van der Waals surface area contributed by atoms with Gasteiger partial charge < -0.3 is 14.3 Å². The van der Waals surface area contributed by atoms with E-state index in [4.69, 9.17) is 4.42 Å². The van der Waals surface area contributed by atoms with Crippen LogP contribution >= 0.6 is 11.8 Å². The second kappa shape index (κ2) is 9.51. The molecule has 0 bridgehead atoms. The quantitative estimate of drug-likeness (QED) is 0.366. The maximum absolute atomic E-state index is 12.9. The molecule has 164 valence electrons. The molecule has 0 amide bonds. The highest BCUT2D eigenvalue weighted by molar-refractivity contribution is 8.00. The Hall–Kier alpha value is -2.87. The van der Waals surface area contributed by atoms with Crippen LogP contribution in [-0.2, 0) is 0 Å². The van der Waals surface area contributed by atoms with Crippen LogP contribution in [0.15, 0.2) is 33.9 Å². The van der Waals surface area contributed by atoms with Gasteiger partial charge in [0.1, 0.15) is 0 Å². The largest absolute Gasteiger partial charge is 0.411 e. The second-order valence-corrected chi connectivity index (χ2v) is 8.69. The second-order valence-electron chi connectivity index (χ2n) is 7.40. The van der Waals surface area contributed by atoms with Gasteiger partial charge in [-0.2, -0.15) is 0 Å². The lowest BCUT2D eigenvalue weighted by Gasteiger charge is -2.20. The van der Waals surface area contributed by atoms with Gasteiger partial charge in [-0.1, -0.05) is 11.8 Å². The number of aromatic nitrogens is 3. The van der Waals surface area contributed by atoms with E-state index in [1.54, 1.807) is 20.8 Å². The number of benzene rings is 1. The summed E-state index contributed by atoms with van der Waals surface area (Å²) in [5.41, 5.74) is 4.39. The average Bonchev–Trinajstić information content (AvgIpc) is 3.32. The summed E-state index contributed by atoms with van der Waals surface area (Å²) in [5, 5.41) is 8.10. The summed E-state index contributed by atoms with van der Waals surface area (Å²) in [7, 11) is 0. The Bertz CT molecular complexity index is 1080. The number of hydrogen-bond donors (Lipinski definition) is 1. The third kappa shape index (κ3) is 4.74. The smallest absolute Gasteiger partial charge is 0.277 e. The molecule has 0 radical (unpaired) electrons. The van der Waals surface area contributed by atoms with Crippen LogP contribution in [0, 0.1) is 13.8 Å². The highest BCUT2D eigenvalue weighted by atomic mass is 32.2. The molecular formula is C23H28N4O3S. The molecule has 0 fully saturated rings. The Balaban J connectivity index is 1.73. The SMILES string of the molecule is CCN(CC)c1ccc(-c2nnc(S[C@H](C)C(=O)c3[nH]c(C)c(C(C)=O)c3C)o2)cc1. The molecule has 0 spiro atoms. The highest BCUT2D eigenvalue weighted by Gasteiger charge is 2.25. The molecule has 2 aromatic heterocycles. The summed E-state index contributed by atoms with van der Waals surface area (Å²) < 4.78 is 5.79. The third-order valence-electron chi connectivity index (χ3n) is 5.33. The molecule has 8 heteroatoms. The number of carbonyl (C=O) groups is 2. The van der Waals surface area contributed by atoms with E-state index in [1.165, 1.54) is 18.7 Å². The minimum absolute atomic E-state index is 0.0563. The molecule has 1 N–H and O–H groups in total. The van der Waals surface area contributed by atoms with E-state index in [9.17, 15) is 9.59 Å². The van der Waals surface area contributed by atoms with Crippen molar-refractivity contribution in [2.45, 2.75) is 52.0 Å². The zero-order valence-electron chi connectivity index (χ0n) is 18.8. The molecule has 0 aliphatic heterocycles. The summed E-state index contributed by atoms with van der Waals surface area (Å²) in [6.45, 7) is 13.0. The number of thioether (sulfide) groups is 1. The van der Waals surface area contributed by atoms with Crippen molar-refractivity contribution in [3.05, 3.63) is 46.8 Å². The van der Waals surface area contributed by atoms with Gasteiger partial charge in [0, 0.05) is 35.6 Å². The fraction of sp³-hybridized carbons (Fsp3) is 0.391. The first kappa shape index (κ1) is 22.8. The van der Waals surface area contributed by atoms with Gasteiger partial charge in [0.15, 0.2) is 11.6 Å². The highest BCUT2D eigenvalue weighted by Crippen LogP contribution is 2.30. The number of nitrogens with one attached hydrogen (secondary N) is 1. The van der Waals surface area contributed by atoms with Crippen molar-refractivity contribution in [2.75, 3.05) is 18.0 Å². The van der Waals surface area contributed by atoms with Crippen LogP contribution in [0.1, 0.15) is 59.8 Å². The third-order valence-corrected chi connectivity index (χ3v) is 6.27. The Labute approximate surface area is 186 Å². The zero-order valence-corrected chi connectivity index (χ0v) is 19.6. The van der Waals surface area contributed by atoms with Crippen molar-refractivity contribution in [3.8, 4) is 11.5 Å². The molecule has 0 aliphatic rings. The summed E-state index contributed by atoms with van der Waals surface area (Å²) in [4.78, 5) is 30.1. The average molecular weight is 441 g/mol.